The molecule has 0 amide bonds. The predicted molar refractivity (Wildman–Crippen MR) is 60.7 cm³/mol. The molecule has 1 aromatic rings. The third-order valence-corrected chi connectivity index (χ3v) is 1.83. The van der Waals surface area contributed by atoms with Gasteiger partial charge in [-0.05, 0) is 6.21 Å². The fourth-order valence-corrected chi connectivity index (χ4v) is 1.12. The molecule has 0 fully saturated rings. The number of hydrogen-bond acceptors (Lipinski definition) is 1. The normalized spacial score (nSPS) is 11.5. The van der Waals surface area contributed by atoms with Crippen molar-refractivity contribution in [3.63, 3.8) is 0 Å². The van der Waals surface area contributed by atoms with Gasteiger partial charge in [0.25, 0.3) is 0 Å². The second-order valence-corrected chi connectivity index (χ2v) is 2.97. The van der Waals surface area contributed by atoms with Crippen LogP contribution in [0.1, 0.15) is 18.9 Å². The summed E-state index contributed by atoms with van der Waals surface area (Å²) in [6, 6.07) is 9.79. The topological polar surface area (TPSA) is 12.4 Å². The van der Waals surface area contributed by atoms with Crippen LogP contribution < -0.4 is 0 Å². The molecule has 0 saturated carbocycles. The van der Waals surface area contributed by atoms with Gasteiger partial charge >= 0.3 is 31.1 Å². The van der Waals surface area contributed by atoms with Crippen LogP contribution in [0.3, 0.4) is 0 Å². The first-order chi connectivity index (χ1) is 6.86. The summed E-state index contributed by atoms with van der Waals surface area (Å²) in [7, 11) is 0. The van der Waals surface area contributed by atoms with Gasteiger partial charge in [-0.3, -0.25) is 0 Å². The van der Waals surface area contributed by atoms with E-state index in [1.165, 1.54) is 0 Å². The first-order valence-corrected chi connectivity index (χ1v) is 5.07. The van der Waals surface area contributed by atoms with Crippen LogP contribution >= 0.6 is 11.6 Å². The van der Waals surface area contributed by atoms with E-state index in [-0.39, 0.29) is 31.1 Å². The first kappa shape index (κ1) is 15.0. The van der Waals surface area contributed by atoms with E-state index in [1.54, 1.807) is 0 Å². The van der Waals surface area contributed by atoms with Crippen LogP contribution in [0.2, 0.25) is 0 Å². The number of hydrogen-bond donors (Lipinski definition) is 0. The molecule has 76 valence electrons. The van der Waals surface area contributed by atoms with Crippen LogP contribution in [0.15, 0.2) is 41.0 Å². The molecule has 3 heteroatoms. The minimum Gasteiger partial charge on any atom is -0.512 e. The van der Waals surface area contributed by atoms with Crippen molar-refractivity contribution >= 4 is 17.8 Å². The molecule has 0 aromatic heterocycles. The number of nitrogens with zero attached hydrogens (tertiary/aromatic N) is 1. The standard InChI is InChI=1S/C12H12ClN.U/c1-2-12(8-9-13)14-10-11-6-4-3-5-7-11;/h3-7H,2,9H2,1H3;/q-2;+2. The minimum absolute atomic E-state index is 0. The zero-order valence-electron chi connectivity index (χ0n) is 8.63. The van der Waals surface area contributed by atoms with E-state index in [1.807, 2.05) is 37.3 Å². The molecule has 0 aliphatic carbocycles. The minimum atomic E-state index is 0. The summed E-state index contributed by atoms with van der Waals surface area (Å²) < 4.78 is 0. The largest absolute Gasteiger partial charge is 2.00 e. The Hall–Kier alpha value is -0.0281. The van der Waals surface area contributed by atoms with Gasteiger partial charge in [0.05, 0.1) is 0 Å². The maximum atomic E-state index is 5.54. The summed E-state index contributed by atoms with van der Waals surface area (Å²) in [4.78, 5) is 4.17. The molecule has 1 nitrogen and oxygen atoms in total. The molecule has 0 heterocycles. The second-order valence-electron chi connectivity index (χ2n) is 2.70. The summed E-state index contributed by atoms with van der Waals surface area (Å²) in [5, 5.41) is 0. The Labute approximate surface area is 120 Å². The molecular weight excluding hydrogens is 432 g/mol. The molecule has 0 saturated heterocycles. The van der Waals surface area contributed by atoms with Gasteiger partial charge in [-0.25, -0.2) is 5.70 Å². The molecule has 0 spiro atoms. The van der Waals surface area contributed by atoms with E-state index in [4.69, 9.17) is 11.6 Å². The zero-order valence-corrected chi connectivity index (χ0v) is 13.5. The molecule has 1 rings (SSSR count). The van der Waals surface area contributed by atoms with E-state index < -0.39 is 0 Å². The molecule has 0 aliphatic heterocycles. The number of aliphatic imine (C=N–C) groups is 1. The Morgan fingerprint density at radius 1 is 1.33 bits per heavy atom. The third kappa shape index (κ3) is 6.20. The van der Waals surface area contributed by atoms with Gasteiger partial charge in [0.1, 0.15) is 0 Å². The van der Waals surface area contributed by atoms with Crippen molar-refractivity contribution in [1.82, 2.24) is 0 Å². The smallest absolute Gasteiger partial charge is 0.512 e. The van der Waals surface area contributed by atoms with Crippen LogP contribution in [0, 0.1) is 37.2 Å². The van der Waals surface area contributed by atoms with Gasteiger partial charge in [0.2, 0.25) is 0 Å². The molecule has 15 heavy (non-hydrogen) atoms. The van der Waals surface area contributed by atoms with Crippen molar-refractivity contribution in [2.45, 2.75) is 13.3 Å². The van der Waals surface area contributed by atoms with Gasteiger partial charge < -0.3 is 11.1 Å². The van der Waals surface area contributed by atoms with Crippen molar-refractivity contribution in [1.29, 1.82) is 0 Å². The summed E-state index contributed by atoms with van der Waals surface area (Å²) in [6.07, 6.45) is 6.73. The molecule has 0 N–H and O–H groups in total. The zero-order chi connectivity index (χ0) is 10.2. The molecule has 0 unspecified atom stereocenters. The quantitative estimate of drug-likeness (QED) is 0.385. The molecular formula is C12H12ClNU. The van der Waals surface area contributed by atoms with E-state index >= 15 is 0 Å². The average molecular weight is 444 g/mol. The van der Waals surface area contributed by atoms with Gasteiger partial charge in [0, 0.05) is 0 Å². The van der Waals surface area contributed by atoms with E-state index in [0.29, 0.717) is 5.88 Å². The number of allylic oxidation sites excluding steroid dienone is 2. The maximum Gasteiger partial charge on any atom is 2.00 e. The van der Waals surface area contributed by atoms with Gasteiger partial charge in [-0.15, -0.1) is 35.7 Å². The van der Waals surface area contributed by atoms with Crippen molar-refractivity contribution in [3.8, 4) is 0 Å². The summed E-state index contributed by atoms with van der Waals surface area (Å²) >= 11 is 5.54. The van der Waals surface area contributed by atoms with Crippen molar-refractivity contribution in [2.75, 3.05) is 5.88 Å². The molecule has 0 atom stereocenters. The Bertz CT molecular complexity index is 320. The number of rotatable bonds is 4. The van der Waals surface area contributed by atoms with Crippen LogP contribution in [0.25, 0.3) is 0 Å². The molecule has 0 radical (unpaired) electrons. The molecule has 0 aliphatic rings. The van der Waals surface area contributed by atoms with E-state index in [2.05, 4.69) is 17.3 Å². The fourth-order valence-electron chi connectivity index (χ4n) is 0.965. The summed E-state index contributed by atoms with van der Waals surface area (Å²) in [5.74, 6) is 0.378. The fraction of sp³-hybridized carbons (Fsp3) is 0.250. The number of alkyl halides is 1. The Morgan fingerprint density at radius 3 is 2.53 bits per heavy atom. The van der Waals surface area contributed by atoms with Crippen LogP contribution in [0.4, 0.5) is 0 Å². The van der Waals surface area contributed by atoms with Gasteiger partial charge in [-0.2, -0.15) is 11.6 Å². The van der Waals surface area contributed by atoms with Gasteiger partial charge in [0.15, 0.2) is 0 Å². The molecule has 1 aromatic carbocycles. The van der Waals surface area contributed by atoms with Crippen LogP contribution in [0.5, 0.6) is 0 Å². The Balaban J connectivity index is 0.00000196. The van der Waals surface area contributed by atoms with Crippen molar-refractivity contribution < 1.29 is 31.1 Å². The first-order valence-electron chi connectivity index (χ1n) is 4.54. The summed E-state index contributed by atoms with van der Waals surface area (Å²) in [5.41, 5.74) is 1.82. The van der Waals surface area contributed by atoms with E-state index in [0.717, 1.165) is 17.7 Å². The number of benzene rings is 1. The Kier molecular flexibility index (Phi) is 9.20. The third-order valence-electron chi connectivity index (χ3n) is 1.70. The predicted octanol–water partition coefficient (Wildman–Crippen LogP) is 3.32. The SMILES string of the molecule is CCC(=[C-]CCl)N=[C-]c1ccccc1.[U+2]. The second kappa shape index (κ2) is 9.22. The molecule has 0 bridgehead atoms. The number of halogens is 1. The Morgan fingerprint density at radius 2 is 2.00 bits per heavy atom. The maximum absolute atomic E-state index is 5.54. The monoisotopic (exact) mass is 443 g/mol. The van der Waals surface area contributed by atoms with E-state index in [9.17, 15) is 0 Å². The summed E-state index contributed by atoms with van der Waals surface area (Å²) in [6.45, 7) is 2.02. The van der Waals surface area contributed by atoms with Crippen LogP contribution in [-0.4, -0.2) is 12.1 Å². The van der Waals surface area contributed by atoms with Crippen molar-refractivity contribution in [2.24, 2.45) is 4.99 Å². The van der Waals surface area contributed by atoms with Gasteiger partial charge in [-0.1, -0.05) is 19.4 Å². The van der Waals surface area contributed by atoms with Crippen LogP contribution in [-0.2, 0) is 0 Å². The van der Waals surface area contributed by atoms with Crippen molar-refractivity contribution in [3.05, 3.63) is 47.7 Å². The average Bonchev–Trinajstić information content (AvgIpc) is 2.25.